The Morgan fingerprint density at radius 1 is 1.15 bits per heavy atom. The number of benzene rings is 1. The number of anilines is 2. The van der Waals surface area contributed by atoms with Crippen LogP contribution in [0, 0.1) is 0 Å². The molecular weight excluding hydrogens is 276 g/mol. The Hall–Kier alpha value is -2.54. The Morgan fingerprint density at radius 3 is 2.60 bits per heavy atom. The number of carbonyl (C=O) groups is 2. The Morgan fingerprint density at radius 2 is 1.90 bits per heavy atom. The highest BCUT2D eigenvalue weighted by Gasteiger charge is 2.07. The molecule has 0 saturated carbocycles. The molecule has 0 spiro atoms. The molecule has 1 aromatic carbocycles. The van der Waals surface area contributed by atoms with Gasteiger partial charge in [0.05, 0.1) is 5.69 Å². The van der Waals surface area contributed by atoms with Gasteiger partial charge in [-0.3, -0.25) is 10.1 Å². The molecule has 0 aliphatic carbocycles. The normalized spacial score (nSPS) is 9.85. The van der Waals surface area contributed by atoms with Gasteiger partial charge in [0.15, 0.2) is 0 Å². The number of aromatic nitrogens is 1. The molecule has 0 fully saturated rings. The first-order chi connectivity index (χ1) is 9.56. The molecule has 1 heterocycles. The standard InChI is InChI=1S/C13H12N4O2S/c14-12(18)8-5-6-15-11(7-8)17-13(19)16-9-3-1-2-4-10(9)20/h1-7,20H,(H2,14,18)(H2,15,16,17,19). The second-order valence-electron chi connectivity index (χ2n) is 3.89. The smallest absolute Gasteiger partial charge is 0.324 e. The van der Waals surface area contributed by atoms with Crippen LogP contribution in [0.15, 0.2) is 47.5 Å². The van der Waals surface area contributed by atoms with E-state index in [1.54, 1.807) is 18.2 Å². The lowest BCUT2D eigenvalue weighted by molar-refractivity contribution is 0.1000. The number of nitrogens with two attached hydrogens (primary N) is 1. The molecule has 0 aliphatic rings. The summed E-state index contributed by atoms with van der Waals surface area (Å²) in [5, 5.41) is 5.13. The molecule has 0 aliphatic heterocycles. The summed E-state index contributed by atoms with van der Waals surface area (Å²) in [7, 11) is 0. The van der Waals surface area contributed by atoms with E-state index < -0.39 is 11.9 Å². The molecule has 0 unspecified atom stereocenters. The monoisotopic (exact) mass is 288 g/mol. The SMILES string of the molecule is NC(=O)c1ccnc(NC(=O)Nc2ccccc2S)c1. The first-order valence-corrected chi connectivity index (χ1v) is 6.13. The summed E-state index contributed by atoms with van der Waals surface area (Å²) in [5.74, 6) is -0.355. The molecule has 2 rings (SSSR count). The van der Waals surface area contributed by atoms with Crippen LogP contribution < -0.4 is 16.4 Å². The van der Waals surface area contributed by atoms with Crippen LogP contribution in [0.5, 0.6) is 0 Å². The van der Waals surface area contributed by atoms with Crippen molar-refractivity contribution in [1.82, 2.24) is 4.98 Å². The van der Waals surface area contributed by atoms with E-state index in [-0.39, 0.29) is 11.4 Å². The van der Waals surface area contributed by atoms with Gasteiger partial charge in [0.2, 0.25) is 5.91 Å². The highest BCUT2D eigenvalue weighted by Crippen LogP contribution is 2.18. The van der Waals surface area contributed by atoms with E-state index in [0.717, 1.165) is 0 Å². The Balaban J connectivity index is 2.07. The molecule has 0 bridgehead atoms. The van der Waals surface area contributed by atoms with E-state index in [0.29, 0.717) is 10.6 Å². The summed E-state index contributed by atoms with van der Waals surface area (Å²) >= 11 is 4.22. The molecular formula is C13H12N4O2S. The number of carbonyl (C=O) groups excluding carboxylic acids is 2. The number of rotatable bonds is 3. The third-order valence-electron chi connectivity index (χ3n) is 2.44. The molecule has 0 saturated heterocycles. The second kappa shape index (κ2) is 6.07. The number of thiol groups is 1. The number of pyridine rings is 1. The zero-order valence-electron chi connectivity index (χ0n) is 10.3. The first-order valence-electron chi connectivity index (χ1n) is 5.68. The van der Waals surface area contributed by atoms with Crippen molar-refractivity contribution in [3.63, 3.8) is 0 Å². The lowest BCUT2D eigenvalue weighted by atomic mass is 10.2. The zero-order chi connectivity index (χ0) is 14.5. The maximum atomic E-state index is 11.8. The van der Waals surface area contributed by atoms with Crippen LogP contribution in [0.25, 0.3) is 0 Å². The van der Waals surface area contributed by atoms with Crippen molar-refractivity contribution in [1.29, 1.82) is 0 Å². The van der Waals surface area contributed by atoms with Gasteiger partial charge >= 0.3 is 6.03 Å². The summed E-state index contributed by atoms with van der Waals surface area (Å²) in [5.41, 5.74) is 5.99. The molecule has 20 heavy (non-hydrogen) atoms. The fraction of sp³-hybridized carbons (Fsp3) is 0. The third kappa shape index (κ3) is 3.48. The van der Waals surface area contributed by atoms with Crippen LogP contribution >= 0.6 is 12.6 Å². The van der Waals surface area contributed by atoms with Crippen LogP contribution in [-0.4, -0.2) is 16.9 Å². The molecule has 0 atom stereocenters. The van der Waals surface area contributed by atoms with Crippen LogP contribution in [0.3, 0.4) is 0 Å². The molecule has 0 radical (unpaired) electrons. The van der Waals surface area contributed by atoms with Gasteiger partial charge in [-0.1, -0.05) is 12.1 Å². The number of amides is 3. The van der Waals surface area contributed by atoms with E-state index in [2.05, 4.69) is 28.2 Å². The topological polar surface area (TPSA) is 97.1 Å². The Labute approximate surface area is 120 Å². The predicted molar refractivity (Wildman–Crippen MR) is 79.1 cm³/mol. The summed E-state index contributed by atoms with van der Waals surface area (Å²) < 4.78 is 0. The minimum atomic E-state index is -0.587. The molecule has 4 N–H and O–H groups in total. The van der Waals surface area contributed by atoms with Crippen molar-refractivity contribution >= 4 is 36.1 Å². The largest absolute Gasteiger partial charge is 0.366 e. The van der Waals surface area contributed by atoms with Crippen molar-refractivity contribution in [2.24, 2.45) is 5.73 Å². The number of para-hydroxylation sites is 1. The van der Waals surface area contributed by atoms with Gasteiger partial charge in [-0.25, -0.2) is 9.78 Å². The maximum Gasteiger partial charge on any atom is 0.324 e. The van der Waals surface area contributed by atoms with E-state index >= 15 is 0 Å². The third-order valence-corrected chi connectivity index (χ3v) is 2.83. The number of primary amides is 1. The van der Waals surface area contributed by atoms with Gasteiger partial charge < -0.3 is 11.1 Å². The number of urea groups is 1. The number of hydrogen-bond donors (Lipinski definition) is 4. The van der Waals surface area contributed by atoms with Gasteiger partial charge in [-0.15, -0.1) is 12.6 Å². The quantitative estimate of drug-likeness (QED) is 0.651. The van der Waals surface area contributed by atoms with E-state index in [9.17, 15) is 9.59 Å². The maximum absolute atomic E-state index is 11.8. The van der Waals surface area contributed by atoms with Crippen LogP contribution in [-0.2, 0) is 0 Å². The van der Waals surface area contributed by atoms with Crippen molar-refractivity contribution in [2.75, 3.05) is 10.6 Å². The Bertz CT molecular complexity index is 660. The van der Waals surface area contributed by atoms with Gasteiger partial charge in [0.1, 0.15) is 5.82 Å². The first kappa shape index (κ1) is 13.9. The van der Waals surface area contributed by atoms with Crippen LogP contribution in [0.4, 0.5) is 16.3 Å². The molecule has 7 heteroatoms. The summed E-state index contributed by atoms with van der Waals surface area (Å²) in [6.45, 7) is 0. The highest BCUT2D eigenvalue weighted by atomic mass is 32.1. The number of nitrogens with zero attached hydrogens (tertiary/aromatic N) is 1. The average Bonchev–Trinajstić information content (AvgIpc) is 2.41. The fourth-order valence-corrected chi connectivity index (χ4v) is 1.72. The molecule has 3 amide bonds. The summed E-state index contributed by atoms with van der Waals surface area (Å²) in [6.07, 6.45) is 1.39. The van der Waals surface area contributed by atoms with Gasteiger partial charge in [0, 0.05) is 16.7 Å². The fourth-order valence-electron chi connectivity index (χ4n) is 1.50. The van der Waals surface area contributed by atoms with E-state index in [4.69, 9.17) is 5.73 Å². The zero-order valence-corrected chi connectivity index (χ0v) is 11.2. The van der Waals surface area contributed by atoms with Gasteiger partial charge in [-0.05, 0) is 24.3 Å². The lowest BCUT2D eigenvalue weighted by Crippen LogP contribution is -2.21. The van der Waals surface area contributed by atoms with Crippen LogP contribution in [0.2, 0.25) is 0 Å². The molecule has 102 valence electrons. The average molecular weight is 288 g/mol. The van der Waals surface area contributed by atoms with Gasteiger partial charge in [-0.2, -0.15) is 0 Å². The molecule has 6 nitrogen and oxygen atoms in total. The minimum absolute atomic E-state index is 0.232. The number of hydrogen-bond acceptors (Lipinski definition) is 4. The molecule has 2 aromatic rings. The van der Waals surface area contributed by atoms with Crippen molar-refractivity contribution in [3.05, 3.63) is 48.2 Å². The van der Waals surface area contributed by atoms with Crippen molar-refractivity contribution in [3.8, 4) is 0 Å². The van der Waals surface area contributed by atoms with Crippen molar-refractivity contribution < 1.29 is 9.59 Å². The highest BCUT2D eigenvalue weighted by molar-refractivity contribution is 7.80. The predicted octanol–water partition coefficient (Wildman–Crippen LogP) is 2.11. The summed E-state index contributed by atoms with van der Waals surface area (Å²) in [4.78, 5) is 27.4. The number of nitrogens with one attached hydrogen (secondary N) is 2. The minimum Gasteiger partial charge on any atom is -0.366 e. The molecule has 1 aromatic heterocycles. The van der Waals surface area contributed by atoms with Crippen molar-refractivity contribution in [2.45, 2.75) is 4.90 Å². The Kier molecular flexibility index (Phi) is 4.21. The van der Waals surface area contributed by atoms with Crippen LogP contribution in [0.1, 0.15) is 10.4 Å². The summed E-state index contributed by atoms with van der Waals surface area (Å²) in [6, 6.07) is 9.44. The lowest BCUT2D eigenvalue weighted by Gasteiger charge is -2.09. The van der Waals surface area contributed by atoms with E-state index in [1.807, 2.05) is 6.07 Å². The van der Waals surface area contributed by atoms with Gasteiger partial charge in [0.25, 0.3) is 0 Å². The van der Waals surface area contributed by atoms with E-state index in [1.165, 1.54) is 18.3 Å². The second-order valence-corrected chi connectivity index (χ2v) is 4.37.